The summed E-state index contributed by atoms with van der Waals surface area (Å²) in [6, 6.07) is 9.58. The van der Waals surface area contributed by atoms with Crippen LogP contribution in [0, 0.1) is 12.7 Å². The smallest absolute Gasteiger partial charge is 0.175 e. The Balaban J connectivity index is 2.21. The third-order valence-electron chi connectivity index (χ3n) is 3.09. The maximum atomic E-state index is 13.7. The first-order chi connectivity index (χ1) is 9.77. The van der Waals surface area contributed by atoms with Crippen molar-refractivity contribution in [1.29, 1.82) is 0 Å². The molecule has 0 aliphatic heterocycles. The largest absolute Gasteiger partial charge is 0.379 e. The normalized spacial score (nSPS) is 11.4. The molecule has 0 heterocycles. The van der Waals surface area contributed by atoms with Gasteiger partial charge in [-0.15, -0.1) is 0 Å². The fourth-order valence-corrected chi connectivity index (χ4v) is 2.89. The Morgan fingerprint density at radius 2 is 1.90 bits per heavy atom. The molecular weight excluding hydrogens is 357 g/mol. The summed E-state index contributed by atoms with van der Waals surface area (Å²) in [5.41, 5.74) is 2.26. The minimum absolute atomic E-state index is 0.0940. The fraction of sp³-hybridized carbons (Fsp3) is 0.200. The molecule has 6 heteroatoms. The number of rotatable bonds is 4. The first kappa shape index (κ1) is 16.0. The SMILES string of the molecule is Cc1ccc(CNc2cc(S(C)(=O)=O)ccc2F)cc1Br. The maximum Gasteiger partial charge on any atom is 0.175 e. The first-order valence-electron chi connectivity index (χ1n) is 6.26. The van der Waals surface area contributed by atoms with Crippen molar-refractivity contribution in [1.82, 2.24) is 0 Å². The Morgan fingerprint density at radius 1 is 1.19 bits per heavy atom. The van der Waals surface area contributed by atoms with Crippen molar-refractivity contribution >= 4 is 31.5 Å². The van der Waals surface area contributed by atoms with Gasteiger partial charge in [-0.05, 0) is 42.3 Å². The Hall–Kier alpha value is -1.40. The van der Waals surface area contributed by atoms with E-state index in [0.717, 1.165) is 27.9 Å². The van der Waals surface area contributed by atoms with Gasteiger partial charge in [0.05, 0.1) is 10.6 Å². The van der Waals surface area contributed by atoms with Crippen molar-refractivity contribution < 1.29 is 12.8 Å². The van der Waals surface area contributed by atoms with Gasteiger partial charge < -0.3 is 5.32 Å². The van der Waals surface area contributed by atoms with Crippen LogP contribution in [-0.2, 0) is 16.4 Å². The molecule has 2 aromatic carbocycles. The van der Waals surface area contributed by atoms with Crippen molar-refractivity contribution in [3.8, 4) is 0 Å². The van der Waals surface area contributed by atoms with Gasteiger partial charge in [-0.1, -0.05) is 28.1 Å². The van der Waals surface area contributed by atoms with E-state index in [9.17, 15) is 12.8 Å². The van der Waals surface area contributed by atoms with Crippen LogP contribution in [0.1, 0.15) is 11.1 Å². The van der Waals surface area contributed by atoms with Crippen molar-refractivity contribution in [2.75, 3.05) is 11.6 Å². The molecule has 0 saturated heterocycles. The molecule has 1 N–H and O–H groups in total. The van der Waals surface area contributed by atoms with E-state index in [4.69, 9.17) is 0 Å². The predicted molar refractivity (Wildman–Crippen MR) is 85.7 cm³/mol. The lowest BCUT2D eigenvalue weighted by atomic mass is 10.1. The molecule has 2 rings (SSSR count). The highest BCUT2D eigenvalue weighted by atomic mass is 79.9. The van der Waals surface area contributed by atoms with E-state index in [1.807, 2.05) is 25.1 Å². The topological polar surface area (TPSA) is 46.2 Å². The molecule has 0 fully saturated rings. The van der Waals surface area contributed by atoms with Crippen molar-refractivity contribution in [3.63, 3.8) is 0 Å². The van der Waals surface area contributed by atoms with Gasteiger partial charge in [0, 0.05) is 17.3 Å². The summed E-state index contributed by atoms with van der Waals surface area (Å²) in [4.78, 5) is 0.0940. The van der Waals surface area contributed by atoms with Crippen molar-refractivity contribution in [2.45, 2.75) is 18.4 Å². The lowest BCUT2D eigenvalue weighted by Crippen LogP contribution is -2.04. The molecule has 21 heavy (non-hydrogen) atoms. The van der Waals surface area contributed by atoms with Gasteiger partial charge in [-0.25, -0.2) is 12.8 Å². The lowest BCUT2D eigenvalue weighted by Gasteiger charge is -2.10. The molecule has 2 aromatic rings. The number of sulfone groups is 1. The van der Waals surface area contributed by atoms with Crippen molar-refractivity contribution in [3.05, 3.63) is 57.8 Å². The monoisotopic (exact) mass is 371 g/mol. The third-order valence-corrected chi connectivity index (χ3v) is 5.05. The van der Waals surface area contributed by atoms with Gasteiger partial charge in [0.25, 0.3) is 0 Å². The zero-order valence-electron chi connectivity index (χ0n) is 11.7. The average Bonchev–Trinajstić information content (AvgIpc) is 2.40. The van der Waals surface area contributed by atoms with Gasteiger partial charge in [-0.3, -0.25) is 0 Å². The minimum Gasteiger partial charge on any atom is -0.379 e. The van der Waals surface area contributed by atoms with Crippen LogP contribution in [0.3, 0.4) is 0 Å². The Bertz CT molecular complexity index is 775. The molecule has 0 aromatic heterocycles. The number of aryl methyl sites for hydroxylation is 1. The molecule has 0 unspecified atom stereocenters. The Morgan fingerprint density at radius 3 is 2.52 bits per heavy atom. The molecule has 0 radical (unpaired) electrons. The van der Waals surface area contributed by atoms with Gasteiger partial charge in [0.2, 0.25) is 0 Å². The highest BCUT2D eigenvalue weighted by molar-refractivity contribution is 9.10. The molecule has 0 spiro atoms. The predicted octanol–water partition coefficient (Wildman–Crippen LogP) is 3.91. The van der Waals surface area contributed by atoms with Gasteiger partial charge >= 0.3 is 0 Å². The maximum absolute atomic E-state index is 13.7. The van der Waals surface area contributed by atoms with Crippen molar-refractivity contribution in [2.24, 2.45) is 0 Å². The van der Waals surface area contributed by atoms with E-state index in [2.05, 4.69) is 21.2 Å². The van der Waals surface area contributed by atoms with Crippen LogP contribution in [0.2, 0.25) is 0 Å². The molecule has 3 nitrogen and oxygen atoms in total. The summed E-state index contributed by atoms with van der Waals surface area (Å²) in [5.74, 6) is -0.478. The molecule has 0 aliphatic rings. The summed E-state index contributed by atoms with van der Waals surface area (Å²) in [5, 5.41) is 2.93. The van der Waals surface area contributed by atoms with E-state index in [1.54, 1.807) is 0 Å². The summed E-state index contributed by atoms with van der Waals surface area (Å²) in [7, 11) is -3.35. The first-order valence-corrected chi connectivity index (χ1v) is 8.94. The van der Waals surface area contributed by atoms with Gasteiger partial charge in [0.15, 0.2) is 9.84 Å². The summed E-state index contributed by atoms with van der Waals surface area (Å²) in [6.07, 6.45) is 1.10. The number of hydrogen-bond donors (Lipinski definition) is 1. The van der Waals surface area contributed by atoms with E-state index in [1.165, 1.54) is 12.1 Å². The second-order valence-corrected chi connectivity index (χ2v) is 7.72. The zero-order valence-corrected chi connectivity index (χ0v) is 14.1. The quantitative estimate of drug-likeness (QED) is 0.828. The minimum atomic E-state index is -3.35. The second-order valence-electron chi connectivity index (χ2n) is 4.85. The fourth-order valence-electron chi connectivity index (χ4n) is 1.81. The average molecular weight is 372 g/mol. The molecule has 0 aliphatic carbocycles. The van der Waals surface area contributed by atoms with Crippen LogP contribution >= 0.6 is 15.9 Å². The molecule has 0 saturated carbocycles. The van der Waals surface area contributed by atoms with Crippen LogP contribution in [0.15, 0.2) is 45.8 Å². The number of nitrogens with one attached hydrogen (secondary N) is 1. The second kappa shape index (κ2) is 6.15. The zero-order chi connectivity index (χ0) is 15.6. The van der Waals surface area contributed by atoms with Crippen LogP contribution in [0.5, 0.6) is 0 Å². The van der Waals surface area contributed by atoms with Crippen LogP contribution in [0.25, 0.3) is 0 Å². The number of halogens is 2. The Labute approximate surface area is 132 Å². The number of anilines is 1. The van der Waals surface area contributed by atoms with E-state index in [0.29, 0.717) is 6.54 Å². The summed E-state index contributed by atoms with van der Waals surface area (Å²) in [6.45, 7) is 2.39. The molecule has 0 atom stereocenters. The van der Waals surface area contributed by atoms with E-state index in [-0.39, 0.29) is 10.6 Å². The van der Waals surface area contributed by atoms with E-state index >= 15 is 0 Å². The van der Waals surface area contributed by atoms with Gasteiger partial charge in [-0.2, -0.15) is 0 Å². The highest BCUT2D eigenvalue weighted by Gasteiger charge is 2.11. The van der Waals surface area contributed by atoms with Gasteiger partial charge in [0.1, 0.15) is 5.82 Å². The number of hydrogen-bond acceptors (Lipinski definition) is 3. The third kappa shape index (κ3) is 4.04. The van der Waals surface area contributed by atoms with Crippen LogP contribution in [-0.4, -0.2) is 14.7 Å². The molecule has 0 bridgehead atoms. The summed E-state index contributed by atoms with van der Waals surface area (Å²) >= 11 is 3.44. The van der Waals surface area contributed by atoms with E-state index < -0.39 is 15.7 Å². The molecule has 0 amide bonds. The van der Waals surface area contributed by atoms with Crippen LogP contribution in [0.4, 0.5) is 10.1 Å². The highest BCUT2D eigenvalue weighted by Crippen LogP contribution is 2.22. The molecular formula is C15H15BrFNO2S. The summed E-state index contributed by atoms with van der Waals surface area (Å²) < 4.78 is 37.7. The molecule has 112 valence electrons. The standard InChI is InChI=1S/C15H15BrFNO2S/c1-10-3-4-11(7-13(10)16)9-18-15-8-12(21(2,19)20)5-6-14(15)17/h3-8,18H,9H2,1-2H3. The van der Waals surface area contributed by atoms with Crippen LogP contribution < -0.4 is 5.32 Å². The number of benzene rings is 2. The Kier molecular flexibility index (Phi) is 4.68. The lowest BCUT2D eigenvalue weighted by molar-refractivity contribution is 0.600.